The van der Waals surface area contributed by atoms with Gasteiger partial charge in [-0.15, -0.1) is 0 Å². The molecule has 0 aliphatic carbocycles. The summed E-state index contributed by atoms with van der Waals surface area (Å²) >= 11 is 6.09. The molecular weight excluding hydrogens is 266 g/mol. The van der Waals surface area contributed by atoms with Crippen molar-refractivity contribution in [3.8, 4) is 5.75 Å². The van der Waals surface area contributed by atoms with E-state index in [0.717, 1.165) is 11.1 Å². The maximum atomic E-state index is 12.0. The molecule has 0 aromatic heterocycles. The van der Waals surface area contributed by atoms with Crippen molar-refractivity contribution in [2.24, 2.45) is 0 Å². The molecule has 4 nitrogen and oxygen atoms in total. The summed E-state index contributed by atoms with van der Waals surface area (Å²) in [5, 5.41) is 10.1. The number of hydrogen-bond acceptors (Lipinski definition) is 3. The molecule has 2 rings (SSSR count). The summed E-state index contributed by atoms with van der Waals surface area (Å²) < 4.78 is 5.34. The lowest BCUT2D eigenvalue weighted by molar-refractivity contribution is 0.0224. The van der Waals surface area contributed by atoms with Crippen molar-refractivity contribution in [3.05, 3.63) is 28.3 Å². The number of carbonyl (C=O) groups is 1. The van der Waals surface area contributed by atoms with Crippen LogP contribution in [-0.2, 0) is 17.7 Å². The van der Waals surface area contributed by atoms with Crippen LogP contribution >= 0.6 is 11.6 Å². The Morgan fingerprint density at radius 3 is 2.74 bits per heavy atom. The molecule has 19 heavy (non-hydrogen) atoms. The number of nitrogens with zero attached hydrogens (tertiary/aromatic N) is 1. The Morgan fingerprint density at radius 2 is 2.11 bits per heavy atom. The minimum Gasteiger partial charge on any atom is -0.508 e. The van der Waals surface area contributed by atoms with Crippen LogP contribution in [0, 0.1) is 0 Å². The van der Waals surface area contributed by atoms with Crippen LogP contribution in [0.15, 0.2) is 12.1 Å². The maximum absolute atomic E-state index is 12.0. The maximum Gasteiger partial charge on any atom is 0.410 e. The van der Waals surface area contributed by atoms with Crippen LogP contribution in [0.4, 0.5) is 4.79 Å². The predicted octanol–water partition coefficient (Wildman–Crippen LogP) is 3.34. The number of benzene rings is 1. The molecule has 0 atom stereocenters. The fourth-order valence-corrected chi connectivity index (χ4v) is 2.44. The Hall–Kier alpha value is -1.42. The van der Waals surface area contributed by atoms with E-state index in [1.165, 1.54) is 6.07 Å². The third kappa shape index (κ3) is 3.32. The zero-order valence-corrected chi connectivity index (χ0v) is 12.1. The van der Waals surface area contributed by atoms with Crippen LogP contribution in [0.3, 0.4) is 0 Å². The first-order chi connectivity index (χ1) is 8.76. The molecule has 5 heteroatoms. The molecule has 1 amide bonds. The largest absolute Gasteiger partial charge is 0.508 e. The number of aromatic hydroxyl groups is 1. The molecule has 1 aliphatic rings. The summed E-state index contributed by atoms with van der Waals surface area (Å²) in [4.78, 5) is 13.6. The fraction of sp³-hybridized carbons (Fsp3) is 0.500. The van der Waals surface area contributed by atoms with E-state index in [1.54, 1.807) is 11.0 Å². The van der Waals surface area contributed by atoms with E-state index in [-0.39, 0.29) is 11.8 Å². The molecule has 1 aromatic rings. The lowest BCUT2D eigenvalue weighted by Gasteiger charge is -2.31. The minimum atomic E-state index is -0.506. The summed E-state index contributed by atoms with van der Waals surface area (Å²) in [6.45, 7) is 6.51. The Bertz CT molecular complexity index is 508. The van der Waals surface area contributed by atoms with E-state index < -0.39 is 5.60 Å². The van der Waals surface area contributed by atoms with Crippen molar-refractivity contribution < 1.29 is 14.6 Å². The zero-order chi connectivity index (χ0) is 14.2. The van der Waals surface area contributed by atoms with Crippen molar-refractivity contribution in [1.82, 2.24) is 4.90 Å². The van der Waals surface area contributed by atoms with Crippen LogP contribution in [0.2, 0.25) is 5.02 Å². The van der Waals surface area contributed by atoms with Crippen LogP contribution in [0.1, 0.15) is 31.9 Å². The number of halogens is 1. The topological polar surface area (TPSA) is 49.8 Å². The third-order valence-electron chi connectivity index (χ3n) is 2.92. The molecule has 1 heterocycles. The summed E-state index contributed by atoms with van der Waals surface area (Å²) in [6, 6.07) is 3.18. The molecule has 104 valence electrons. The van der Waals surface area contributed by atoms with Gasteiger partial charge < -0.3 is 14.7 Å². The fourth-order valence-electron chi connectivity index (χ4n) is 2.11. The van der Waals surface area contributed by atoms with Crippen molar-refractivity contribution in [2.45, 2.75) is 39.3 Å². The summed E-state index contributed by atoms with van der Waals surface area (Å²) in [7, 11) is 0. The molecule has 1 aromatic carbocycles. The molecule has 0 spiro atoms. The van der Waals surface area contributed by atoms with Crippen molar-refractivity contribution in [2.75, 3.05) is 6.54 Å². The summed E-state index contributed by atoms with van der Waals surface area (Å²) in [6.07, 6.45) is 0.339. The van der Waals surface area contributed by atoms with Crippen LogP contribution in [0.25, 0.3) is 0 Å². The SMILES string of the molecule is CC(C)(C)OC(=O)N1CCc2c(Cl)cc(O)cc2C1. The second-order valence-electron chi connectivity index (χ2n) is 5.72. The number of ether oxygens (including phenoxy) is 1. The molecular formula is C14H18ClNO3. The molecule has 0 saturated carbocycles. The average molecular weight is 284 g/mol. The van der Waals surface area contributed by atoms with Gasteiger partial charge in [-0.3, -0.25) is 0 Å². The summed E-state index contributed by atoms with van der Waals surface area (Å²) in [5.74, 6) is 0.120. The zero-order valence-electron chi connectivity index (χ0n) is 11.4. The number of hydrogen-bond donors (Lipinski definition) is 1. The molecule has 0 radical (unpaired) electrons. The van der Waals surface area contributed by atoms with Crippen LogP contribution in [0.5, 0.6) is 5.75 Å². The summed E-state index contributed by atoms with van der Waals surface area (Å²) in [5.41, 5.74) is 1.37. The highest BCUT2D eigenvalue weighted by atomic mass is 35.5. The molecule has 0 bridgehead atoms. The quantitative estimate of drug-likeness (QED) is 0.794. The minimum absolute atomic E-state index is 0.120. The van der Waals surface area contributed by atoms with Crippen molar-refractivity contribution in [1.29, 1.82) is 0 Å². The van der Waals surface area contributed by atoms with Crippen molar-refractivity contribution in [3.63, 3.8) is 0 Å². The van der Waals surface area contributed by atoms with Crippen LogP contribution < -0.4 is 0 Å². The molecule has 0 saturated heterocycles. The number of rotatable bonds is 0. The van der Waals surface area contributed by atoms with E-state index in [2.05, 4.69) is 0 Å². The number of carbonyl (C=O) groups excluding carboxylic acids is 1. The standard InChI is InChI=1S/C14H18ClNO3/c1-14(2,3)19-13(18)16-5-4-11-9(8-16)6-10(17)7-12(11)15/h6-7,17H,4-5,8H2,1-3H3. The smallest absolute Gasteiger partial charge is 0.410 e. The highest BCUT2D eigenvalue weighted by molar-refractivity contribution is 6.31. The van der Waals surface area contributed by atoms with Gasteiger partial charge >= 0.3 is 6.09 Å². The van der Waals surface area contributed by atoms with E-state index in [4.69, 9.17) is 16.3 Å². The second-order valence-corrected chi connectivity index (χ2v) is 6.12. The third-order valence-corrected chi connectivity index (χ3v) is 3.25. The highest BCUT2D eigenvalue weighted by Gasteiger charge is 2.26. The number of phenols is 1. The van der Waals surface area contributed by atoms with Crippen molar-refractivity contribution >= 4 is 17.7 Å². The van der Waals surface area contributed by atoms with Gasteiger partial charge in [-0.2, -0.15) is 0 Å². The van der Waals surface area contributed by atoms with Gasteiger partial charge in [-0.25, -0.2) is 4.79 Å². The molecule has 1 N–H and O–H groups in total. The first-order valence-corrected chi connectivity index (χ1v) is 6.62. The van der Waals surface area contributed by atoms with Gasteiger partial charge in [0.15, 0.2) is 0 Å². The van der Waals surface area contributed by atoms with Gasteiger partial charge in [-0.05, 0) is 50.5 Å². The van der Waals surface area contributed by atoms with E-state index >= 15 is 0 Å². The van der Waals surface area contributed by atoms with Gasteiger partial charge in [0.05, 0.1) is 0 Å². The lowest BCUT2D eigenvalue weighted by atomic mass is 9.99. The highest BCUT2D eigenvalue weighted by Crippen LogP contribution is 2.30. The van der Waals surface area contributed by atoms with E-state index in [0.29, 0.717) is 24.5 Å². The lowest BCUT2D eigenvalue weighted by Crippen LogP contribution is -2.39. The second kappa shape index (κ2) is 4.93. The molecule has 1 aliphatic heterocycles. The Morgan fingerprint density at radius 1 is 1.42 bits per heavy atom. The monoisotopic (exact) mass is 283 g/mol. The predicted molar refractivity (Wildman–Crippen MR) is 73.5 cm³/mol. The van der Waals surface area contributed by atoms with Gasteiger partial charge in [0.25, 0.3) is 0 Å². The first-order valence-electron chi connectivity index (χ1n) is 6.24. The van der Waals surface area contributed by atoms with Gasteiger partial charge in [-0.1, -0.05) is 11.6 Å². The van der Waals surface area contributed by atoms with Gasteiger partial charge in [0, 0.05) is 18.1 Å². The van der Waals surface area contributed by atoms with Gasteiger partial charge in [0.1, 0.15) is 11.4 Å². The van der Waals surface area contributed by atoms with E-state index in [9.17, 15) is 9.90 Å². The Balaban J connectivity index is 2.16. The average Bonchev–Trinajstić information content (AvgIpc) is 2.25. The normalized spacial score (nSPS) is 15.1. The van der Waals surface area contributed by atoms with E-state index in [1.807, 2.05) is 20.8 Å². The first kappa shape index (κ1) is 14.0. The molecule has 0 unspecified atom stereocenters. The van der Waals surface area contributed by atoms with Gasteiger partial charge in [0.2, 0.25) is 0 Å². The van der Waals surface area contributed by atoms with Crippen LogP contribution in [-0.4, -0.2) is 28.2 Å². The Kier molecular flexibility index (Phi) is 3.63. The number of fused-ring (bicyclic) bond motifs is 1. The Labute approximate surface area is 117 Å². The molecule has 0 fully saturated rings. The number of phenolic OH excluding ortho intramolecular Hbond substituents is 1. The number of amides is 1.